The molecule has 0 spiro atoms. The summed E-state index contributed by atoms with van der Waals surface area (Å²) >= 11 is 0. The van der Waals surface area contributed by atoms with Gasteiger partial charge in [-0.1, -0.05) is 130 Å². The van der Waals surface area contributed by atoms with Gasteiger partial charge in [0.05, 0.1) is 13.2 Å². The Bertz CT molecular complexity index is 1260. The Morgan fingerprint density at radius 2 is 0.982 bits per heavy atom. The number of carbonyl (C=O) groups excluding carboxylic acids is 2. The molecule has 0 aromatic heterocycles. The van der Waals surface area contributed by atoms with Crippen LogP contribution in [0.15, 0.2) is 109 Å². The highest BCUT2D eigenvalue weighted by Gasteiger charge is 2.23. The summed E-state index contributed by atoms with van der Waals surface area (Å²) in [6.45, 7) is 3.19. The number of unbranched alkanes of at least 4 members (excludes halogenated alkanes) is 5. The highest BCUT2D eigenvalue weighted by atomic mass is 31.2. The summed E-state index contributed by atoms with van der Waals surface area (Å²) in [6, 6.07) is 0. The number of hydrogen-bond donors (Lipinski definition) is 3. The van der Waals surface area contributed by atoms with Crippen molar-refractivity contribution >= 4 is 19.7 Å². The average Bonchev–Trinajstić information content (AvgIpc) is 3.17. The number of allylic oxidation sites excluding steroid dienone is 18. The van der Waals surface area contributed by atoms with Crippen molar-refractivity contribution in [1.29, 1.82) is 0 Å². The lowest BCUT2D eigenvalue weighted by molar-refractivity contribution is -0.147. The van der Waals surface area contributed by atoms with E-state index in [9.17, 15) is 24.2 Å². The third-order valence-electron chi connectivity index (χ3n) is 7.70. The van der Waals surface area contributed by atoms with E-state index in [1.807, 2.05) is 0 Å². The van der Waals surface area contributed by atoms with E-state index in [4.69, 9.17) is 13.8 Å². The van der Waals surface area contributed by atoms with Crippen molar-refractivity contribution < 1.29 is 37.9 Å². The van der Waals surface area contributed by atoms with Gasteiger partial charge in [-0.15, -0.1) is 0 Å². The van der Waals surface area contributed by atoms with Crippen molar-refractivity contribution in [3.8, 4) is 0 Å². The molecule has 55 heavy (non-hydrogen) atoms. The molecule has 0 rings (SSSR count). The van der Waals surface area contributed by atoms with Gasteiger partial charge >= 0.3 is 13.8 Å². The molecule has 0 fully saturated rings. The molecule has 0 bridgehead atoms. The Kier molecular flexibility index (Phi) is 37.9. The fourth-order valence-corrected chi connectivity index (χ4v) is 5.45. The number of hydrogen-bond acceptors (Lipinski definition) is 7. The van der Waals surface area contributed by atoms with Gasteiger partial charge in [-0.25, -0.2) is 4.57 Å². The minimum Gasteiger partial charge on any atom is -0.463 e. The second kappa shape index (κ2) is 40.3. The smallest absolute Gasteiger partial charge is 0.463 e. The summed E-state index contributed by atoms with van der Waals surface area (Å²) in [5, 5.41) is 12.6. The van der Waals surface area contributed by atoms with E-state index in [2.05, 4.69) is 129 Å². The van der Waals surface area contributed by atoms with Crippen LogP contribution in [0.25, 0.3) is 0 Å². The summed E-state index contributed by atoms with van der Waals surface area (Å²) in [5.41, 5.74) is 0. The minimum absolute atomic E-state index is 0.0508. The molecule has 0 aliphatic carbocycles. The van der Waals surface area contributed by atoms with Gasteiger partial charge in [0.2, 0.25) is 5.91 Å². The maximum atomic E-state index is 12.1. The first-order chi connectivity index (χ1) is 26.8. The number of phosphoric ester groups is 1. The third kappa shape index (κ3) is 41.7. The van der Waals surface area contributed by atoms with Gasteiger partial charge in [0, 0.05) is 19.4 Å². The molecule has 9 nitrogen and oxygen atoms in total. The third-order valence-corrected chi connectivity index (χ3v) is 8.68. The zero-order chi connectivity index (χ0) is 40.3. The number of esters is 1. The van der Waals surface area contributed by atoms with E-state index in [0.717, 1.165) is 96.3 Å². The molecular weight excluding hydrogens is 713 g/mol. The van der Waals surface area contributed by atoms with Crippen LogP contribution in [0.2, 0.25) is 0 Å². The van der Waals surface area contributed by atoms with Crippen LogP contribution in [0.4, 0.5) is 0 Å². The van der Waals surface area contributed by atoms with E-state index in [1.54, 1.807) is 0 Å². The summed E-state index contributed by atoms with van der Waals surface area (Å²) < 4.78 is 26.8. The Labute approximate surface area is 333 Å². The highest BCUT2D eigenvalue weighted by molar-refractivity contribution is 7.47. The molecule has 0 heterocycles. The fraction of sp³-hybridized carbons (Fsp3) is 0.556. The second-order valence-electron chi connectivity index (χ2n) is 12.8. The maximum absolute atomic E-state index is 12.1. The van der Waals surface area contributed by atoms with Crippen LogP contribution < -0.4 is 5.32 Å². The molecule has 310 valence electrons. The number of ether oxygens (including phenoxy) is 1. The molecule has 0 saturated heterocycles. The Balaban J connectivity index is 3.76. The number of rotatable bonds is 36. The van der Waals surface area contributed by atoms with E-state index in [-0.39, 0.29) is 32.1 Å². The Hall–Kier alpha value is -3.33. The van der Waals surface area contributed by atoms with E-state index >= 15 is 0 Å². The van der Waals surface area contributed by atoms with E-state index < -0.39 is 26.5 Å². The molecule has 1 amide bonds. The molecule has 0 aromatic carbocycles. The summed E-state index contributed by atoms with van der Waals surface area (Å²) in [5.74, 6) is -0.604. The lowest BCUT2D eigenvalue weighted by Gasteiger charge is -2.15. The van der Waals surface area contributed by atoms with Crippen molar-refractivity contribution in [1.82, 2.24) is 5.32 Å². The van der Waals surface area contributed by atoms with Crippen LogP contribution in [0.1, 0.15) is 129 Å². The van der Waals surface area contributed by atoms with Crippen LogP contribution in [0, 0.1) is 0 Å². The van der Waals surface area contributed by atoms with Crippen LogP contribution in [0.5, 0.6) is 0 Å². The molecule has 0 aromatic rings. The average molecular weight is 786 g/mol. The molecule has 2 unspecified atom stereocenters. The monoisotopic (exact) mass is 785 g/mol. The zero-order valence-corrected chi connectivity index (χ0v) is 34.7. The second-order valence-corrected chi connectivity index (χ2v) is 14.3. The van der Waals surface area contributed by atoms with Gasteiger partial charge in [0.15, 0.2) is 0 Å². The molecule has 0 aliphatic heterocycles. The summed E-state index contributed by atoms with van der Waals surface area (Å²) in [6.07, 6.45) is 53.1. The minimum atomic E-state index is -4.44. The first-order valence-electron chi connectivity index (χ1n) is 20.4. The number of nitrogens with one attached hydrogen (secondary N) is 1. The van der Waals surface area contributed by atoms with E-state index in [0.29, 0.717) is 12.8 Å². The fourth-order valence-electron chi connectivity index (χ4n) is 4.69. The molecule has 3 N–H and O–H groups in total. The predicted molar refractivity (Wildman–Crippen MR) is 228 cm³/mol. The lowest BCUT2D eigenvalue weighted by Crippen LogP contribution is -2.27. The van der Waals surface area contributed by atoms with Crippen molar-refractivity contribution in [3.05, 3.63) is 109 Å². The first kappa shape index (κ1) is 51.7. The number of carbonyl (C=O) groups is 2. The number of aliphatic hydroxyl groups excluding tert-OH is 1. The quantitative estimate of drug-likeness (QED) is 0.0248. The van der Waals surface area contributed by atoms with Crippen LogP contribution >= 0.6 is 7.82 Å². The van der Waals surface area contributed by atoms with Crippen molar-refractivity contribution in [2.24, 2.45) is 0 Å². The molecule has 0 saturated carbocycles. The number of phosphoric acid groups is 1. The van der Waals surface area contributed by atoms with Crippen LogP contribution in [-0.2, 0) is 27.9 Å². The van der Waals surface area contributed by atoms with Gasteiger partial charge in [0.1, 0.15) is 12.7 Å². The largest absolute Gasteiger partial charge is 0.472 e. The molecular formula is C45H72NO8P. The lowest BCUT2D eigenvalue weighted by atomic mass is 10.1. The first-order valence-corrected chi connectivity index (χ1v) is 21.9. The van der Waals surface area contributed by atoms with Crippen LogP contribution in [0.3, 0.4) is 0 Å². The standard InChI is InChI=1S/C45H72NO8P/c1-3-5-7-9-11-13-15-17-19-20-21-22-24-25-27-29-31-33-35-37-44(48)46-39-40-53-55(50,51)54-42-43(47)41-52-45(49)38-36-34-32-30-28-26-23-18-16-14-12-10-8-6-4-2/h5-8,11-14,17-19,21-23,25,27-28,30,43,47H,3-4,9-10,15-16,20,24,26,29,31-42H2,1-2H3,(H,46,48)(H,50,51)/b7-5-,8-6-,13-11-,14-12-,19-17-,22-21-,23-18-,27-25-,30-28-. The Morgan fingerprint density at radius 1 is 0.564 bits per heavy atom. The predicted octanol–water partition coefficient (Wildman–Crippen LogP) is 11.2. The molecule has 2 atom stereocenters. The van der Waals surface area contributed by atoms with Gasteiger partial charge in [-0.05, 0) is 96.3 Å². The van der Waals surface area contributed by atoms with Crippen molar-refractivity contribution in [2.75, 3.05) is 26.4 Å². The number of aliphatic hydroxyl groups is 1. The van der Waals surface area contributed by atoms with Crippen molar-refractivity contribution in [3.63, 3.8) is 0 Å². The normalized spacial score (nSPS) is 14.5. The summed E-state index contributed by atoms with van der Waals surface area (Å²) in [7, 11) is -4.44. The molecule has 0 radical (unpaired) electrons. The van der Waals surface area contributed by atoms with Gasteiger partial charge in [-0.2, -0.15) is 0 Å². The van der Waals surface area contributed by atoms with Crippen molar-refractivity contribution in [2.45, 2.75) is 136 Å². The molecule has 0 aliphatic rings. The van der Waals surface area contributed by atoms with Crippen LogP contribution in [-0.4, -0.2) is 54.3 Å². The van der Waals surface area contributed by atoms with E-state index in [1.165, 1.54) is 0 Å². The Morgan fingerprint density at radius 3 is 1.45 bits per heavy atom. The van der Waals surface area contributed by atoms with Gasteiger partial charge in [0.25, 0.3) is 0 Å². The topological polar surface area (TPSA) is 131 Å². The summed E-state index contributed by atoms with van der Waals surface area (Å²) in [4.78, 5) is 33.8. The maximum Gasteiger partial charge on any atom is 0.472 e. The van der Waals surface area contributed by atoms with Gasteiger partial charge in [-0.3, -0.25) is 18.6 Å². The SMILES string of the molecule is CC/C=C\C/C=C\C/C=C\C/C=C\C/C=C\CCCCCC(=O)NCCOP(=O)(O)OCC(O)COC(=O)CCCC/C=C\C/C=C\C/C=C\C/C=C\CC. The molecule has 10 heteroatoms. The van der Waals surface area contributed by atoms with Gasteiger partial charge < -0.3 is 20.1 Å². The highest BCUT2D eigenvalue weighted by Crippen LogP contribution is 2.42. The zero-order valence-electron chi connectivity index (χ0n) is 33.8. The number of amides is 1.